The Labute approximate surface area is 159 Å². The second-order valence-corrected chi connectivity index (χ2v) is 9.18. The maximum Gasteiger partial charge on any atom is 0.292 e. The summed E-state index contributed by atoms with van der Waals surface area (Å²) in [6.07, 6.45) is 0.339. The molecule has 2 aromatic carbocycles. The number of amides is 1. The van der Waals surface area contributed by atoms with E-state index >= 15 is 0 Å². The van der Waals surface area contributed by atoms with Gasteiger partial charge in [0.2, 0.25) is 6.10 Å². The maximum absolute atomic E-state index is 12.6. The lowest BCUT2D eigenvalue weighted by Gasteiger charge is -2.23. The molecule has 9 heteroatoms. The van der Waals surface area contributed by atoms with E-state index in [1.54, 1.807) is 48.0 Å². The van der Waals surface area contributed by atoms with Gasteiger partial charge in [-0.25, -0.2) is 8.42 Å². The van der Waals surface area contributed by atoms with Crippen LogP contribution in [0.15, 0.2) is 52.4 Å². The van der Waals surface area contributed by atoms with Crippen LogP contribution >= 0.6 is 11.3 Å². The van der Waals surface area contributed by atoms with E-state index in [9.17, 15) is 13.2 Å². The second kappa shape index (κ2) is 6.50. The number of para-hydroxylation sites is 2. The Bertz CT molecular complexity index is 1220. The molecule has 2 heterocycles. The summed E-state index contributed by atoms with van der Waals surface area (Å²) in [4.78, 5) is 17.4. The molecule has 1 aliphatic heterocycles. The molecule has 0 aliphatic carbocycles. The molecule has 1 aliphatic rings. The molecule has 0 saturated heterocycles. The van der Waals surface area contributed by atoms with Crippen molar-refractivity contribution in [2.75, 3.05) is 12.9 Å². The van der Waals surface area contributed by atoms with Crippen molar-refractivity contribution in [2.45, 2.75) is 11.0 Å². The summed E-state index contributed by atoms with van der Waals surface area (Å²) < 4.78 is 37.2. The Morgan fingerprint density at radius 1 is 1.22 bits per heavy atom. The smallest absolute Gasteiger partial charge is 0.292 e. The number of sulfone groups is 1. The number of aromatic nitrogens is 1. The molecule has 0 fully saturated rings. The lowest BCUT2D eigenvalue weighted by Crippen LogP contribution is -2.36. The molecule has 0 radical (unpaired) electrons. The van der Waals surface area contributed by atoms with Gasteiger partial charge in [-0.05, 0) is 30.3 Å². The van der Waals surface area contributed by atoms with Gasteiger partial charge in [0.05, 0.1) is 15.1 Å². The summed E-state index contributed by atoms with van der Waals surface area (Å²) in [5.74, 6) is 0.660. The van der Waals surface area contributed by atoms with Gasteiger partial charge in [-0.2, -0.15) is 4.99 Å². The molecule has 0 unspecified atom stereocenters. The average Bonchev–Trinajstić information content (AvgIpc) is 2.95. The van der Waals surface area contributed by atoms with Crippen molar-refractivity contribution in [3.8, 4) is 11.5 Å². The van der Waals surface area contributed by atoms with Crippen LogP contribution < -0.4 is 14.3 Å². The molecule has 27 heavy (non-hydrogen) atoms. The van der Waals surface area contributed by atoms with Gasteiger partial charge in [0, 0.05) is 13.3 Å². The van der Waals surface area contributed by atoms with Crippen LogP contribution in [0.2, 0.25) is 0 Å². The lowest BCUT2D eigenvalue weighted by molar-refractivity contribution is -0.127. The van der Waals surface area contributed by atoms with Crippen molar-refractivity contribution in [2.24, 2.45) is 12.0 Å². The number of thiazole rings is 1. The lowest BCUT2D eigenvalue weighted by atomic mass is 10.2. The Morgan fingerprint density at radius 3 is 2.70 bits per heavy atom. The fraction of sp³-hybridized carbons (Fsp3) is 0.222. The molecule has 1 aromatic heterocycles. The summed E-state index contributed by atoms with van der Waals surface area (Å²) in [6.45, 7) is 0.0895. The summed E-state index contributed by atoms with van der Waals surface area (Å²) in [6, 6.07) is 12.0. The van der Waals surface area contributed by atoms with E-state index in [-0.39, 0.29) is 11.5 Å². The molecule has 0 spiro atoms. The second-order valence-electron chi connectivity index (χ2n) is 6.16. The third-order valence-electron chi connectivity index (χ3n) is 4.20. The fourth-order valence-electron chi connectivity index (χ4n) is 2.76. The first-order valence-corrected chi connectivity index (χ1v) is 10.8. The Kier molecular flexibility index (Phi) is 4.27. The van der Waals surface area contributed by atoms with E-state index < -0.39 is 21.8 Å². The van der Waals surface area contributed by atoms with Crippen LogP contribution in [-0.4, -0.2) is 37.9 Å². The molecule has 0 N–H and O–H groups in total. The number of carbonyl (C=O) groups is 1. The molecular weight excluding hydrogens is 388 g/mol. The summed E-state index contributed by atoms with van der Waals surface area (Å²) >= 11 is 1.25. The van der Waals surface area contributed by atoms with Gasteiger partial charge >= 0.3 is 0 Å². The summed E-state index contributed by atoms with van der Waals surface area (Å²) in [5, 5.41) is 0. The van der Waals surface area contributed by atoms with E-state index in [0.29, 0.717) is 16.3 Å². The number of benzene rings is 2. The van der Waals surface area contributed by atoms with Crippen molar-refractivity contribution < 1.29 is 22.7 Å². The predicted molar refractivity (Wildman–Crippen MR) is 101 cm³/mol. The van der Waals surface area contributed by atoms with E-state index in [0.717, 1.165) is 16.5 Å². The van der Waals surface area contributed by atoms with Crippen LogP contribution in [0.3, 0.4) is 0 Å². The van der Waals surface area contributed by atoms with Crippen LogP contribution in [0.5, 0.6) is 11.5 Å². The minimum atomic E-state index is -3.30. The molecule has 0 bridgehead atoms. The maximum atomic E-state index is 12.6. The first-order valence-electron chi connectivity index (χ1n) is 8.09. The zero-order valence-corrected chi connectivity index (χ0v) is 16.2. The van der Waals surface area contributed by atoms with Gasteiger partial charge in [-0.3, -0.25) is 4.79 Å². The monoisotopic (exact) mass is 404 g/mol. The van der Waals surface area contributed by atoms with Crippen molar-refractivity contribution in [1.82, 2.24) is 4.57 Å². The van der Waals surface area contributed by atoms with Crippen molar-refractivity contribution in [3.63, 3.8) is 0 Å². The molecular formula is C18H16N2O5S2. The largest absolute Gasteiger partial charge is 0.485 e. The summed E-state index contributed by atoms with van der Waals surface area (Å²) in [5.41, 5.74) is 0.796. The van der Waals surface area contributed by atoms with Crippen LogP contribution in [0.25, 0.3) is 10.2 Å². The minimum Gasteiger partial charge on any atom is -0.485 e. The molecule has 1 atom stereocenters. The molecule has 1 amide bonds. The van der Waals surface area contributed by atoms with Crippen molar-refractivity contribution in [1.29, 1.82) is 0 Å². The number of nitrogens with zero attached hydrogens (tertiary/aromatic N) is 2. The van der Waals surface area contributed by atoms with Gasteiger partial charge < -0.3 is 14.0 Å². The highest BCUT2D eigenvalue weighted by Crippen LogP contribution is 2.31. The molecule has 140 valence electrons. The zero-order chi connectivity index (χ0) is 19.2. The number of ether oxygens (including phenoxy) is 2. The number of hydrogen-bond donors (Lipinski definition) is 0. The first-order chi connectivity index (χ1) is 12.8. The standard InChI is InChI=1S/C18H16N2O5S2/c1-20-12-8-7-11(27(2,22)23)9-16(12)26-18(20)19-17(21)15-10-24-13-5-3-4-6-14(13)25-15/h3-9,15H,10H2,1-2H3/t15-/m0/s1. The Hall–Kier alpha value is -2.65. The summed E-state index contributed by atoms with van der Waals surface area (Å²) in [7, 11) is -1.53. The zero-order valence-electron chi connectivity index (χ0n) is 14.6. The number of fused-ring (bicyclic) bond motifs is 2. The van der Waals surface area contributed by atoms with Gasteiger partial charge in [0.15, 0.2) is 26.1 Å². The van der Waals surface area contributed by atoms with E-state index in [4.69, 9.17) is 9.47 Å². The molecule has 3 aromatic rings. The normalized spacial score (nSPS) is 17.3. The number of aryl methyl sites for hydroxylation is 1. The highest BCUT2D eigenvalue weighted by molar-refractivity contribution is 7.90. The van der Waals surface area contributed by atoms with E-state index in [1.165, 1.54) is 11.3 Å². The minimum absolute atomic E-state index is 0.0895. The van der Waals surface area contributed by atoms with Crippen LogP contribution in [-0.2, 0) is 21.7 Å². The number of hydrogen-bond acceptors (Lipinski definition) is 6. The third kappa shape index (κ3) is 3.35. The highest BCUT2D eigenvalue weighted by atomic mass is 32.2. The fourth-order valence-corrected chi connectivity index (χ4v) is 4.54. The van der Waals surface area contributed by atoms with Gasteiger partial charge in [0.1, 0.15) is 6.61 Å². The molecule has 4 rings (SSSR count). The van der Waals surface area contributed by atoms with Crippen LogP contribution in [0, 0.1) is 0 Å². The topological polar surface area (TPSA) is 87.0 Å². The van der Waals surface area contributed by atoms with E-state index in [2.05, 4.69) is 4.99 Å². The predicted octanol–water partition coefficient (Wildman–Crippen LogP) is 1.91. The first kappa shape index (κ1) is 17.7. The molecule has 0 saturated carbocycles. The van der Waals surface area contributed by atoms with Gasteiger partial charge in [-0.15, -0.1) is 0 Å². The Morgan fingerprint density at radius 2 is 1.96 bits per heavy atom. The quantitative estimate of drug-likeness (QED) is 0.651. The van der Waals surface area contributed by atoms with Gasteiger partial charge in [-0.1, -0.05) is 23.5 Å². The highest BCUT2D eigenvalue weighted by Gasteiger charge is 2.27. The van der Waals surface area contributed by atoms with Crippen molar-refractivity contribution in [3.05, 3.63) is 47.3 Å². The van der Waals surface area contributed by atoms with Crippen LogP contribution in [0.1, 0.15) is 0 Å². The van der Waals surface area contributed by atoms with E-state index in [1.807, 2.05) is 6.07 Å². The number of rotatable bonds is 2. The number of carbonyl (C=O) groups excluding carboxylic acids is 1. The molecule has 7 nitrogen and oxygen atoms in total. The Balaban J connectivity index is 1.68. The van der Waals surface area contributed by atoms with Gasteiger partial charge in [0.25, 0.3) is 5.91 Å². The third-order valence-corrected chi connectivity index (χ3v) is 6.40. The van der Waals surface area contributed by atoms with Crippen LogP contribution in [0.4, 0.5) is 0 Å². The SMILES string of the molecule is Cn1c(=NC(=O)[C@@H]2COc3ccccc3O2)sc2cc(S(C)(=O)=O)ccc21. The average molecular weight is 404 g/mol. The van der Waals surface area contributed by atoms with Crippen molar-refractivity contribution >= 4 is 37.3 Å².